The molecule has 4 nitrogen and oxygen atoms in total. The van der Waals surface area contributed by atoms with E-state index >= 15 is 0 Å². The van der Waals surface area contributed by atoms with Crippen molar-refractivity contribution >= 4 is 5.91 Å². The smallest absolute Gasteiger partial charge is 0.322 e. The van der Waals surface area contributed by atoms with Gasteiger partial charge in [-0.25, -0.2) is 5.06 Å². The molecular formula is C4H7F3N2O2. The van der Waals surface area contributed by atoms with Crippen LogP contribution >= 0.6 is 0 Å². The molecule has 0 aliphatic rings. The molecule has 0 aromatic carbocycles. The zero-order valence-corrected chi connectivity index (χ0v) is 5.43. The Balaban J connectivity index is 3.87. The highest BCUT2D eigenvalue weighted by Crippen LogP contribution is 2.14. The van der Waals surface area contributed by atoms with Crippen molar-refractivity contribution in [2.75, 3.05) is 13.1 Å². The van der Waals surface area contributed by atoms with E-state index < -0.39 is 30.2 Å². The number of nitrogens with two attached hydrogens (primary N) is 1. The quantitative estimate of drug-likeness (QED) is 0.445. The summed E-state index contributed by atoms with van der Waals surface area (Å²) in [5.41, 5.74) is 4.67. The molecule has 0 spiro atoms. The van der Waals surface area contributed by atoms with Crippen molar-refractivity contribution < 1.29 is 23.2 Å². The van der Waals surface area contributed by atoms with Gasteiger partial charge in [0.2, 0.25) is 0 Å². The highest BCUT2D eigenvalue weighted by atomic mass is 19.4. The van der Waals surface area contributed by atoms with Crippen molar-refractivity contribution in [3.8, 4) is 0 Å². The summed E-state index contributed by atoms with van der Waals surface area (Å²) in [4.78, 5) is 10.2. The third-order valence-electron chi connectivity index (χ3n) is 0.792. The van der Waals surface area contributed by atoms with Gasteiger partial charge in [0.05, 0.1) is 6.54 Å². The predicted molar refractivity (Wildman–Crippen MR) is 28.6 cm³/mol. The molecule has 0 aliphatic heterocycles. The Morgan fingerprint density at radius 1 is 1.55 bits per heavy atom. The van der Waals surface area contributed by atoms with Crippen LogP contribution in [0.5, 0.6) is 0 Å². The number of rotatable bonds is 2. The standard InChI is InChI=1S/C4H7F3N2O2/c5-4(6,7)2-9(11)3(10)1-8/h11H,1-2,8H2. The second-order valence-electron chi connectivity index (χ2n) is 1.77. The molecule has 0 aromatic heterocycles. The first kappa shape index (κ1) is 10.2. The lowest BCUT2D eigenvalue weighted by atomic mass is 10.5. The summed E-state index contributed by atoms with van der Waals surface area (Å²) in [6, 6.07) is 0. The van der Waals surface area contributed by atoms with Crippen molar-refractivity contribution in [1.82, 2.24) is 5.06 Å². The molecule has 0 unspecified atom stereocenters. The lowest BCUT2D eigenvalue weighted by molar-refractivity contribution is -0.211. The average Bonchev–Trinajstić information content (AvgIpc) is 1.82. The Bertz CT molecular complexity index is 147. The molecule has 0 radical (unpaired) electrons. The molecule has 0 aromatic rings. The number of nitrogens with zero attached hydrogens (tertiary/aromatic N) is 1. The van der Waals surface area contributed by atoms with Gasteiger partial charge in [-0.1, -0.05) is 0 Å². The summed E-state index contributed by atoms with van der Waals surface area (Å²) in [6.45, 7) is -2.34. The number of hydrogen-bond donors (Lipinski definition) is 2. The van der Waals surface area contributed by atoms with Crippen LogP contribution in [0.1, 0.15) is 0 Å². The van der Waals surface area contributed by atoms with Gasteiger partial charge in [0.15, 0.2) is 0 Å². The van der Waals surface area contributed by atoms with Crippen molar-refractivity contribution in [2.45, 2.75) is 6.18 Å². The fourth-order valence-corrected chi connectivity index (χ4v) is 0.363. The van der Waals surface area contributed by atoms with Gasteiger partial charge in [0.25, 0.3) is 5.91 Å². The highest BCUT2D eigenvalue weighted by molar-refractivity contribution is 5.76. The number of alkyl halides is 3. The van der Waals surface area contributed by atoms with Crippen LogP contribution < -0.4 is 5.73 Å². The van der Waals surface area contributed by atoms with Gasteiger partial charge in [-0.15, -0.1) is 0 Å². The number of carbonyl (C=O) groups excluding carboxylic acids is 1. The first-order chi connectivity index (χ1) is 4.87. The summed E-state index contributed by atoms with van der Waals surface area (Å²) >= 11 is 0. The summed E-state index contributed by atoms with van der Waals surface area (Å²) in [7, 11) is 0. The minimum atomic E-state index is -4.60. The van der Waals surface area contributed by atoms with Crippen LogP contribution in [0.2, 0.25) is 0 Å². The molecule has 0 heterocycles. The predicted octanol–water partition coefficient (Wildman–Crippen LogP) is -0.275. The molecule has 0 bridgehead atoms. The molecule has 0 saturated carbocycles. The molecule has 0 fully saturated rings. The van der Waals surface area contributed by atoms with E-state index in [1.807, 2.05) is 0 Å². The van der Waals surface area contributed by atoms with E-state index in [0.29, 0.717) is 0 Å². The van der Waals surface area contributed by atoms with E-state index in [2.05, 4.69) is 5.73 Å². The Labute approximate surface area is 60.3 Å². The Morgan fingerprint density at radius 3 is 2.27 bits per heavy atom. The summed E-state index contributed by atoms with van der Waals surface area (Å²) in [6.07, 6.45) is -4.60. The largest absolute Gasteiger partial charge is 0.408 e. The van der Waals surface area contributed by atoms with Gasteiger partial charge in [0, 0.05) is 0 Å². The van der Waals surface area contributed by atoms with E-state index in [1.165, 1.54) is 0 Å². The van der Waals surface area contributed by atoms with Crippen molar-refractivity contribution in [1.29, 1.82) is 0 Å². The van der Waals surface area contributed by atoms with Gasteiger partial charge in [-0.3, -0.25) is 10.0 Å². The number of carbonyl (C=O) groups is 1. The molecule has 0 atom stereocenters. The van der Waals surface area contributed by atoms with E-state index in [9.17, 15) is 18.0 Å². The SMILES string of the molecule is NCC(=O)N(O)CC(F)(F)F. The molecule has 0 aliphatic carbocycles. The molecule has 0 rings (SSSR count). The monoisotopic (exact) mass is 172 g/mol. The van der Waals surface area contributed by atoms with Crippen LogP contribution in [0.15, 0.2) is 0 Å². The molecular weight excluding hydrogens is 165 g/mol. The van der Waals surface area contributed by atoms with E-state index in [4.69, 9.17) is 5.21 Å². The normalized spacial score (nSPS) is 11.4. The average molecular weight is 172 g/mol. The van der Waals surface area contributed by atoms with Crippen LogP contribution in [0, 0.1) is 0 Å². The zero-order valence-electron chi connectivity index (χ0n) is 5.43. The summed E-state index contributed by atoms with van der Waals surface area (Å²) < 4.78 is 34.2. The third kappa shape index (κ3) is 4.57. The van der Waals surface area contributed by atoms with Crippen LogP contribution in [-0.4, -0.2) is 35.4 Å². The maximum atomic E-state index is 11.4. The third-order valence-corrected chi connectivity index (χ3v) is 0.792. The topological polar surface area (TPSA) is 66.6 Å². The van der Waals surface area contributed by atoms with E-state index in [-0.39, 0.29) is 0 Å². The van der Waals surface area contributed by atoms with Gasteiger partial charge in [-0.05, 0) is 0 Å². The summed E-state index contributed by atoms with van der Waals surface area (Å²) in [5, 5.41) is 7.88. The molecule has 66 valence electrons. The van der Waals surface area contributed by atoms with Gasteiger partial charge in [0.1, 0.15) is 6.54 Å². The zero-order chi connectivity index (χ0) is 9.07. The Morgan fingerprint density at radius 2 is 2.00 bits per heavy atom. The van der Waals surface area contributed by atoms with E-state index in [1.54, 1.807) is 0 Å². The lowest BCUT2D eigenvalue weighted by Gasteiger charge is -2.15. The molecule has 3 N–H and O–H groups in total. The molecule has 11 heavy (non-hydrogen) atoms. The number of hydrogen-bond acceptors (Lipinski definition) is 3. The van der Waals surface area contributed by atoms with Crippen molar-refractivity contribution in [3.05, 3.63) is 0 Å². The highest BCUT2D eigenvalue weighted by Gasteiger charge is 2.32. The first-order valence-electron chi connectivity index (χ1n) is 2.63. The van der Waals surface area contributed by atoms with Gasteiger partial charge in [-0.2, -0.15) is 13.2 Å². The fourth-order valence-electron chi connectivity index (χ4n) is 0.363. The molecule has 1 amide bonds. The van der Waals surface area contributed by atoms with Crippen LogP contribution in [0.3, 0.4) is 0 Å². The van der Waals surface area contributed by atoms with E-state index in [0.717, 1.165) is 0 Å². The lowest BCUT2D eigenvalue weighted by Crippen LogP contribution is -2.39. The second-order valence-corrected chi connectivity index (χ2v) is 1.77. The Kier molecular flexibility index (Phi) is 3.27. The van der Waals surface area contributed by atoms with Gasteiger partial charge >= 0.3 is 6.18 Å². The molecule has 0 saturated heterocycles. The second kappa shape index (κ2) is 3.54. The number of hydroxylamine groups is 2. The molecule has 7 heteroatoms. The maximum Gasteiger partial charge on any atom is 0.408 e. The minimum Gasteiger partial charge on any atom is -0.322 e. The minimum absolute atomic E-state index is 0.458. The Hall–Kier alpha value is -0.820. The van der Waals surface area contributed by atoms with Crippen LogP contribution in [0.25, 0.3) is 0 Å². The van der Waals surface area contributed by atoms with Crippen LogP contribution in [-0.2, 0) is 4.79 Å². The van der Waals surface area contributed by atoms with Crippen molar-refractivity contribution in [3.63, 3.8) is 0 Å². The number of amides is 1. The first-order valence-corrected chi connectivity index (χ1v) is 2.63. The van der Waals surface area contributed by atoms with Gasteiger partial charge < -0.3 is 5.73 Å². The van der Waals surface area contributed by atoms with Crippen molar-refractivity contribution in [2.24, 2.45) is 5.73 Å². The summed E-state index contributed by atoms with van der Waals surface area (Å²) in [5.74, 6) is -1.16. The fraction of sp³-hybridized carbons (Fsp3) is 0.750. The maximum absolute atomic E-state index is 11.4. The van der Waals surface area contributed by atoms with Crippen LogP contribution in [0.4, 0.5) is 13.2 Å². The number of halogens is 3.